The Kier molecular flexibility index (Phi) is 5.71. The van der Waals surface area contributed by atoms with Crippen LogP contribution in [0, 0.1) is 0 Å². The predicted molar refractivity (Wildman–Crippen MR) is 70.5 cm³/mol. The summed E-state index contributed by atoms with van der Waals surface area (Å²) >= 11 is 0. The van der Waals surface area contributed by atoms with E-state index in [1.165, 1.54) is 0 Å². The van der Waals surface area contributed by atoms with Gasteiger partial charge in [0.1, 0.15) is 5.75 Å². The van der Waals surface area contributed by atoms with Gasteiger partial charge in [0.25, 0.3) is 0 Å². The van der Waals surface area contributed by atoms with Gasteiger partial charge in [-0.1, -0.05) is 31.5 Å². The third-order valence-electron chi connectivity index (χ3n) is 2.24. The van der Waals surface area contributed by atoms with Crippen LogP contribution in [0.15, 0.2) is 30.3 Å². The van der Waals surface area contributed by atoms with Crippen molar-refractivity contribution < 1.29 is 8.54 Å². The van der Waals surface area contributed by atoms with Crippen LogP contribution < -0.4 is 15.2 Å². The lowest BCUT2D eigenvalue weighted by Crippen LogP contribution is -2.56. The van der Waals surface area contributed by atoms with E-state index >= 15 is 0 Å². The predicted octanol–water partition coefficient (Wildman–Crippen LogP) is 0.737. The SMILES string of the molecule is CCCC[Si](N)(O[SiH2]N)Oc1ccccc1. The van der Waals surface area contributed by atoms with Gasteiger partial charge in [-0.15, -0.1) is 0 Å². The molecule has 1 aromatic carbocycles. The van der Waals surface area contributed by atoms with Crippen LogP contribution in [0.3, 0.4) is 0 Å². The van der Waals surface area contributed by atoms with Crippen molar-refractivity contribution in [1.82, 2.24) is 0 Å². The van der Waals surface area contributed by atoms with E-state index in [4.69, 9.17) is 19.3 Å². The van der Waals surface area contributed by atoms with Gasteiger partial charge < -0.3 is 13.9 Å². The molecule has 0 saturated carbocycles. The lowest BCUT2D eigenvalue weighted by molar-refractivity contribution is 0.389. The summed E-state index contributed by atoms with van der Waals surface area (Å²) in [7, 11) is -3.60. The number of benzene rings is 1. The summed E-state index contributed by atoms with van der Waals surface area (Å²) in [6.45, 7) is 2.12. The van der Waals surface area contributed by atoms with Crippen LogP contribution in [0.1, 0.15) is 19.8 Å². The number of hydrogen-bond acceptors (Lipinski definition) is 4. The molecule has 1 rings (SSSR count). The minimum atomic E-state index is -2.57. The molecule has 90 valence electrons. The molecule has 0 amide bonds. The first-order chi connectivity index (χ1) is 7.70. The second-order valence-corrected chi connectivity index (χ2v) is 7.46. The van der Waals surface area contributed by atoms with E-state index in [-0.39, 0.29) is 0 Å². The first-order valence-electron chi connectivity index (χ1n) is 5.57. The Bertz CT molecular complexity index is 300. The zero-order valence-corrected chi connectivity index (χ0v) is 12.1. The van der Waals surface area contributed by atoms with Crippen LogP contribution in [-0.2, 0) is 4.12 Å². The molecule has 1 atom stereocenters. The smallest absolute Gasteiger partial charge is 0.475 e. The van der Waals surface area contributed by atoms with Gasteiger partial charge in [0.2, 0.25) is 9.92 Å². The van der Waals surface area contributed by atoms with Crippen LogP contribution in [0.25, 0.3) is 0 Å². The van der Waals surface area contributed by atoms with Gasteiger partial charge >= 0.3 is 8.72 Å². The first kappa shape index (κ1) is 13.4. The highest BCUT2D eigenvalue weighted by Gasteiger charge is 2.34. The lowest BCUT2D eigenvalue weighted by Gasteiger charge is -2.26. The lowest BCUT2D eigenvalue weighted by atomic mass is 10.3. The Balaban J connectivity index is 2.62. The fraction of sp³-hybridized carbons (Fsp3) is 0.400. The zero-order valence-electron chi connectivity index (χ0n) is 9.69. The van der Waals surface area contributed by atoms with Gasteiger partial charge in [0.15, 0.2) is 0 Å². The third-order valence-corrected chi connectivity index (χ3v) is 6.49. The largest absolute Gasteiger partial charge is 0.510 e. The van der Waals surface area contributed by atoms with Crippen LogP contribution >= 0.6 is 0 Å². The van der Waals surface area contributed by atoms with Crippen LogP contribution in [-0.4, -0.2) is 18.6 Å². The highest BCUT2D eigenvalue weighted by Crippen LogP contribution is 2.17. The molecule has 4 nitrogen and oxygen atoms in total. The maximum absolute atomic E-state index is 6.18. The van der Waals surface area contributed by atoms with Crippen molar-refractivity contribution in [2.75, 3.05) is 0 Å². The van der Waals surface area contributed by atoms with Gasteiger partial charge in [-0.2, -0.15) is 0 Å². The summed E-state index contributed by atoms with van der Waals surface area (Å²) in [6, 6.07) is 10.4. The molecule has 4 N–H and O–H groups in total. The maximum Gasteiger partial charge on any atom is 0.475 e. The van der Waals surface area contributed by atoms with Crippen LogP contribution in [0.2, 0.25) is 6.04 Å². The van der Waals surface area contributed by atoms with Gasteiger partial charge in [-0.25, -0.2) is 0 Å². The van der Waals surface area contributed by atoms with Crippen molar-refractivity contribution in [3.8, 4) is 5.75 Å². The van der Waals surface area contributed by atoms with Crippen LogP contribution in [0.4, 0.5) is 0 Å². The van der Waals surface area contributed by atoms with Crippen molar-refractivity contribution in [1.29, 1.82) is 0 Å². The summed E-state index contributed by atoms with van der Waals surface area (Å²) in [4.78, 5) is 0. The second kappa shape index (κ2) is 6.82. The number of para-hydroxylation sites is 1. The Hall–Kier alpha value is -0.666. The zero-order chi connectivity index (χ0) is 11.9. The fourth-order valence-electron chi connectivity index (χ4n) is 1.40. The number of hydrogen-bond donors (Lipinski definition) is 2. The van der Waals surface area contributed by atoms with Gasteiger partial charge in [-0.3, -0.25) is 5.40 Å². The first-order valence-corrected chi connectivity index (χ1v) is 9.06. The van der Waals surface area contributed by atoms with E-state index in [9.17, 15) is 0 Å². The van der Waals surface area contributed by atoms with Crippen molar-refractivity contribution in [2.45, 2.75) is 25.8 Å². The molecule has 16 heavy (non-hydrogen) atoms. The Labute approximate surface area is 100 Å². The normalized spacial score (nSPS) is 15.2. The van der Waals surface area contributed by atoms with E-state index in [2.05, 4.69) is 6.92 Å². The van der Waals surface area contributed by atoms with E-state index < -0.39 is 18.6 Å². The maximum atomic E-state index is 6.18. The van der Waals surface area contributed by atoms with Crippen molar-refractivity contribution in [3.05, 3.63) is 30.3 Å². The van der Waals surface area contributed by atoms with Crippen molar-refractivity contribution >= 4 is 18.6 Å². The molecule has 0 spiro atoms. The average molecular weight is 256 g/mol. The molecule has 0 radical (unpaired) electrons. The molecule has 1 aromatic rings. The molecule has 0 heterocycles. The molecular weight excluding hydrogens is 236 g/mol. The number of nitrogens with two attached hydrogens (primary N) is 2. The molecule has 0 aliphatic heterocycles. The molecule has 1 unspecified atom stereocenters. The van der Waals surface area contributed by atoms with E-state index in [1.54, 1.807) is 0 Å². The molecule has 0 aliphatic carbocycles. The standard InChI is InChI=1S/C10H20N2O2Si2/c1-2-3-9-16(12,14-15-11)13-10-7-5-4-6-8-10/h4-8H,2-3,9,11-12,15H2,1H3. The van der Waals surface area contributed by atoms with Gasteiger partial charge in [-0.05, 0) is 18.6 Å². The van der Waals surface area contributed by atoms with Gasteiger partial charge in [0.05, 0.1) is 0 Å². The Morgan fingerprint density at radius 2 is 2.00 bits per heavy atom. The van der Waals surface area contributed by atoms with E-state index in [0.29, 0.717) is 0 Å². The van der Waals surface area contributed by atoms with Crippen LogP contribution in [0.5, 0.6) is 5.75 Å². The minimum absolute atomic E-state index is 0.773. The minimum Gasteiger partial charge on any atom is -0.510 e. The van der Waals surface area contributed by atoms with Crippen molar-refractivity contribution in [2.24, 2.45) is 10.8 Å². The van der Waals surface area contributed by atoms with Crippen molar-refractivity contribution in [3.63, 3.8) is 0 Å². The molecule has 0 bridgehead atoms. The fourth-order valence-corrected chi connectivity index (χ4v) is 4.83. The topological polar surface area (TPSA) is 70.5 Å². The highest BCUT2D eigenvalue weighted by molar-refractivity contribution is 6.69. The summed E-state index contributed by atoms with van der Waals surface area (Å²) < 4.78 is 11.3. The average Bonchev–Trinajstić information content (AvgIpc) is 2.28. The summed E-state index contributed by atoms with van der Waals surface area (Å²) in [5, 5.41) is 11.7. The quantitative estimate of drug-likeness (QED) is 0.706. The van der Waals surface area contributed by atoms with E-state index in [1.807, 2.05) is 30.3 Å². The Morgan fingerprint density at radius 3 is 2.56 bits per heavy atom. The number of unbranched alkanes of at least 4 members (excludes halogenated alkanes) is 1. The third kappa shape index (κ3) is 4.46. The monoisotopic (exact) mass is 256 g/mol. The number of rotatable bonds is 7. The summed E-state index contributed by atoms with van der Waals surface area (Å²) in [6.07, 6.45) is 2.10. The Morgan fingerprint density at radius 1 is 1.31 bits per heavy atom. The summed E-state index contributed by atoms with van der Waals surface area (Å²) in [5.41, 5.74) is 0. The molecule has 0 aromatic heterocycles. The van der Waals surface area contributed by atoms with Gasteiger partial charge in [0, 0.05) is 6.04 Å². The molecule has 0 saturated heterocycles. The second-order valence-electron chi connectivity index (χ2n) is 3.64. The van der Waals surface area contributed by atoms with E-state index in [0.717, 1.165) is 24.6 Å². The highest BCUT2D eigenvalue weighted by atomic mass is 28.4. The molecule has 0 fully saturated rings. The molecule has 6 heteroatoms. The molecular formula is C10H20N2O2Si2. The summed E-state index contributed by atoms with van der Waals surface area (Å²) in [5.74, 6) is 0.773. The molecule has 0 aliphatic rings.